The molecule has 4 heterocycles. The number of hydrogen-bond acceptors (Lipinski definition) is 7. The summed E-state index contributed by atoms with van der Waals surface area (Å²) in [5.74, 6) is 1.46. The van der Waals surface area contributed by atoms with Crippen LogP contribution < -0.4 is 4.90 Å². The van der Waals surface area contributed by atoms with Crippen molar-refractivity contribution in [3.05, 3.63) is 18.2 Å². The van der Waals surface area contributed by atoms with Crippen molar-refractivity contribution in [1.82, 2.24) is 25.4 Å². The van der Waals surface area contributed by atoms with Gasteiger partial charge in [0.1, 0.15) is 12.8 Å². The maximum Gasteiger partial charge on any atom is 0.249 e. The lowest BCUT2D eigenvalue weighted by Gasteiger charge is -2.13. The number of aromatic nitrogens is 5. The Hall–Kier alpha value is -2.55. The molecular formula is C14H15FN6O2. The molecule has 23 heavy (non-hydrogen) atoms. The van der Waals surface area contributed by atoms with Gasteiger partial charge < -0.3 is 14.1 Å². The fourth-order valence-electron chi connectivity index (χ4n) is 2.71. The molecule has 0 bridgehead atoms. The van der Waals surface area contributed by atoms with E-state index < -0.39 is 6.17 Å². The molecule has 1 unspecified atom stereocenters. The Labute approximate surface area is 130 Å². The van der Waals surface area contributed by atoms with Gasteiger partial charge in [-0.2, -0.15) is 5.10 Å². The molecule has 1 saturated heterocycles. The van der Waals surface area contributed by atoms with Gasteiger partial charge >= 0.3 is 0 Å². The lowest BCUT2D eigenvalue weighted by atomic mass is 10.2. The molecule has 8 nitrogen and oxygen atoms in total. The van der Waals surface area contributed by atoms with Crippen LogP contribution in [0.1, 0.15) is 12.3 Å². The number of alkyl halides is 1. The number of anilines is 1. The van der Waals surface area contributed by atoms with E-state index in [4.69, 9.17) is 9.15 Å². The molecule has 120 valence electrons. The van der Waals surface area contributed by atoms with E-state index >= 15 is 0 Å². The monoisotopic (exact) mass is 318 g/mol. The molecule has 3 aromatic rings. The molecule has 4 rings (SSSR count). The number of methoxy groups -OCH3 is 1. The second-order valence-corrected chi connectivity index (χ2v) is 5.43. The Morgan fingerprint density at radius 2 is 2.39 bits per heavy atom. The number of fused-ring (bicyclic) bond motifs is 1. The van der Waals surface area contributed by atoms with Gasteiger partial charge in [-0.25, -0.2) is 9.37 Å². The van der Waals surface area contributed by atoms with E-state index in [9.17, 15) is 4.39 Å². The molecule has 0 amide bonds. The lowest BCUT2D eigenvalue weighted by molar-refractivity contribution is 0.160. The lowest BCUT2D eigenvalue weighted by Crippen LogP contribution is -2.20. The van der Waals surface area contributed by atoms with Gasteiger partial charge in [-0.1, -0.05) is 0 Å². The third-order valence-electron chi connectivity index (χ3n) is 3.81. The fraction of sp³-hybridized carbons (Fsp3) is 0.429. The quantitative estimate of drug-likeness (QED) is 0.782. The zero-order chi connectivity index (χ0) is 15.8. The summed E-state index contributed by atoms with van der Waals surface area (Å²) in [5.41, 5.74) is 1.33. The summed E-state index contributed by atoms with van der Waals surface area (Å²) in [4.78, 5) is 6.24. The van der Waals surface area contributed by atoms with Crippen molar-refractivity contribution >= 4 is 16.9 Å². The molecule has 0 aliphatic carbocycles. The third-order valence-corrected chi connectivity index (χ3v) is 3.81. The van der Waals surface area contributed by atoms with Crippen molar-refractivity contribution in [2.75, 3.05) is 25.1 Å². The van der Waals surface area contributed by atoms with Crippen LogP contribution in [0.2, 0.25) is 0 Å². The van der Waals surface area contributed by atoms with Crippen molar-refractivity contribution in [1.29, 1.82) is 0 Å². The van der Waals surface area contributed by atoms with Crippen LogP contribution >= 0.6 is 0 Å². The van der Waals surface area contributed by atoms with E-state index in [0.717, 1.165) is 5.39 Å². The third kappa shape index (κ3) is 2.52. The molecule has 3 aromatic heterocycles. The fourth-order valence-corrected chi connectivity index (χ4v) is 2.71. The first-order valence-corrected chi connectivity index (χ1v) is 7.29. The summed E-state index contributed by atoms with van der Waals surface area (Å²) in [7, 11) is 1.56. The molecule has 0 radical (unpaired) electrons. The zero-order valence-corrected chi connectivity index (χ0v) is 12.5. The molecule has 1 aliphatic rings. The number of ether oxygens (including phenoxy) is 1. The van der Waals surface area contributed by atoms with E-state index in [1.54, 1.807) is 13.3 Å². The first-order chi connectivity index (χ1) is 11.2. The number of aromatic amines is 1. The number of H-pyrrole nitrogens is 1. The van der Waals surface area contributed by atoms with Crippen LogP contribution in [0.25, 0.3) is 22.5 Å². The van der Waals surface area contributed by atoms with E-state index in [1.165, 1.54) is 0 Å². The molecule has 0 saturated carbocycles. The van der Waals surface area contributed by atoms with Crippen molar-refractivity contribution in [3.8, 4) is 11.5 Å². The number of nitrogens with one attached hydrogen (secondary N) is 1. The van der Waals surface area contributed by atoms with E-state index in [-0.39, 0.29) is 6.61 Å². The largest absolute Gasteiger partial charge is 0.418 e. The van der Waals surface area contributed by atoms with Crippen molar-refractivity contribution in [2.24, 2.45) is 0 Å². The highest BCUT2D eigenvalue weighted by atomic mass is 19.1. The summed E-state index contributed by atoms with van der Waals surface area (Å²) in [6.45, 7) is 1.25. The maximum absolute atomic E-state index is 13.4. The van der Waals surface area contributed by atoms with Gasteiger partial charge in [0.2, 0.25) is 11.8 Å². The summed E-state index contributed by atoms with van der Waals surface area (Å²) in [6, 6.07) is 1.87. The number of pyridine rings is 1. The predicted octanol–water partition coefficient (Wildman–Crippen LogP) is 1.70. The first kappa shape index (κ1) is 14.1. The average molecular weight is 318 g/mol. The van der Waals surface area contributed by atoms with Crippen LogP contribution in [0, 0.1) is 0 Å². The van der Waals surface area contributed by atoms with Crippen LogP contribution in [0.4, 0.5) is 10.2 Å². The molecule has 0 aromatic carbocycles. The minimum Gasteiger partial charge on any atom is -0.418 e. The second-order valence-electron chi connectivity index (χ2n) is 5.43. The van der Waals surface area contributed by atoms with Gasteiger partial charge in [-0.3, -0.25) is 5.10 Å². The van der Waals surface area contributed by atoms with Crippen molar-refractivity contribution in [3.63, 3.8) is 0 Å². The highest BCUT2D eigenvalue weighted by molar-refractivity contribution is 5.90. The van der Waals surface area contributed by atoms with Crippen LogP contribution in [0.5, 0.6) is 0 Å². The van der Waals surface area contributed by atoms with Crippen LogP contribution in [0.3, 0.4) is 0 Å². The summed E-state index contributed by atoms with van der Waals surface area (Å²) >= 11 is 0. The van der Waals surface area contributed by atoms with E-state index in [0.29, 0.717) is 48.3 Å². The molecule has 1 aliphatic heterocycles. The van der Waals surface area contributed by atoms with Gasteiger partial charge in [-0.15, -0.1) is 10.2 Å². The first-order valence-electron chi connectivity index (χ1n) is 7.29. The Kier molecular flexibility index (Phi) is 3.41. The second kappa shape index (κ2) is 5.58. The van der Waals surface area contributed by atoms with Gasteiger partial charge in [0.05, 0.1) is 17.5 Å². The Morgan fingerprint density at radius 3 is 3.17 bits per heavy atom. The molecule has 1 atom stereocenters. The zero-order valence-electron chi connectivity index (χ0n) is 12.5. The van der Waals surface area contributed by atoms with E-state index in [1.807, 2.05) is 11.0 Å². The molecular weight excluding hydrogens is 303 g/mol. The van der Waals surface area contributed by atoms with E-state index in [2.05, 4.69) is 25.4 Å². The predicted molar refractivity (Wildman–Crippen MR) is 79.6 cm³/mol. The molecule has 0 spiro atoms. The van der Waals surface area contributed by atoms with Crippen LogP contribution in [-0.4, -0.2) is 51.7 Å². The molecule has 9 heteroatoms. The Morgan fingerprint density at radius 1 is 1.48 bits per heavy atom. The number of rotatable bonds is 4. The number of hydrogen-bond donors (Lipinski definition) is 1. The number of halogens is 1. The highest BCUT2D eigenvalue weighted by Crippen LogP contribution is 2.29. The SMILES string of the molecule is COCc1nnc(-c2cnc3[nH]nc(N4CCC(F)C4)c3c2)o1. The summed E-state index contributed by atoms with van der Waals surface area (Å²) in [6.07, 6.45) is 1.34. The van der Waals surface area contributed by atoms with Gasteiger partial charge in [0.25, 0.3) is 0 Å². The minimum absolute atomic E-state index is 0.255. The summed E-state index contributed by atoms with van der Waals surface area (Å²) in [5, 5.41) is 15.8. The van der Waals surface area contributed by atoms with Crippen LogP contribution in [-0.2, 0) is 11.3 Å². The standard InChI is InChI=1S/C14H15FN6O2/c1-22-7-11-17-20-14(23-11)8-4-10-12(16-5-8)18-19-13(10)21-3-2-9(15)6-21/h4-5,9H,2-3,6-7H2,1H3,(H,16,18,19). The van der Waals surface area contributed by atoms with Gasteiger partial charge in [0.15, 0.2) is 11.5 Å². The topological polar surface area (TPSA) is 93.0 Å². The summed E-state index contributed by atoms with van der Waals surface area (Å²) < 4.78 is 23.9. The molecule has 1 fully saturated rings. The maximum atomic E-state index is 13.4. The normalized spacial score (nSPS) is 18.2. The smallest absolute Gasteiger partial charge is 0.249 e. The highest BCUT2D eigenvalue weighted by Gasteiger charge is 2.25. The Bertz CT molecular complexity index is 832. The van der Waals surface area contributed by atoms with Gasteiger partial charge in [0, 0.05) is 19.9 Å². The van der Waals surface area contributed by atoms with Gasteiger partial charge in [-0.05, 0) is 12.5 Å². The molecule has 1 N–H and O–H groups in total. The van der Waals surface area contributed by atoms with Crippen molar-refractivity contribution in [2.45, 2.75) is 19.2 Å². The number of nitrogens with zero attached hydrogens (tertiary/aromatic N) is 5. The Balaban J connectivity index is 1.71. The van der Waals surface area contributed by atoms with Crippen LogP contribution in [0.15, 0.2) is 16.7 Å². The minimum atomic E-state index is -0.814. The average Bonchev–Trinajstić information content (AvgIpc) is 3.26. The van der Waals surface area contributed by atoms with Crippen molar-refractivity contribution < 1.29 is 13.5 Å².